The summed E-state index contributed by atoms with van der Waals surface area (Å²) < 4.78 is 2.42. The summed E-state index contributed by atoms with van der Waals surface area (Å²) >= 11 is -0.436. The number of rotatable bonds is 8. The van der Waals surface area contributed by atoms with Crippen LogP contribution in [0.4, 0.5) is 11.4 Å². The molecule has 29 heavy (non-hydrogen) atoms. The van der Waals surface area contributed by atoms with Crippen molar-refractivity contribution >= 4 is 17.3 Å². The molecule has 0 aliphatic rings. The summed E-state index contributed by atoms with van der Waals surface area (Å²) in [6.07, 6.45) is 0.599. The summed E-state index contributed by atoms with van der Waals surface area (Å²) in [5.74, 6) is 5.39. The van der Waals surface area contributed by atoms with Crippen LogP contribution < -0.4 is 43.5 Å². The van der Waals surface area contributed by atoms with E-state index in [0.29, 0.717) is 13.0 Å². The second kappa shape index (κ2) is 10.4. The fraction of sp³-hybridized carbons (Fsp3) is 0.174. The van der Waals surface area contributed by atoms with E-state index < -0.39 is 21.2 Å². The van der Waals surface area contributed by atoms with Gasteiger partial charge in [0.15, 0.2) is 0 Å². The molecule has 0 radical (unpaired) electrons. The number of carbonyl (C=O) groups excluding carboxylic acids is 1. The van der Waals surface area contributed by atoms with Crippen molar-refractivity contribution in [1.29, 1.82) is 0 Å². The summed E-state index contributed by atoms with van der Waals surface area (Å²) in [5.41, 5.74) is 12.4. The summed E-state index contributed by atoms with van der Waals surface area (Å²) in [4.78, 5) is 13.0. The molecule has 6 N–H and O–H groups in total. The van der Waals surface area contributed by atoms with Crippen LogP contribution in [0.15, 0.2) is 72.8 Å². The summed E-state index contributed by atoms with van der Waals surface area (Å²) in [6.45, 7) is 2.53. The van der Waals surface area contributed by atoms with E-state index in [1.165, 1.54) is 9.13 Å². The summed E-state index contributed by atoms with van der Waals surface area (Å²) in [6, 6.07) is 24.1. The van der Waals surface area contributed by atoms with E-state index in [1.54, 1.807) is 0 Å². The first kappa shape index (κ1) is 21.3. The number of amides is 1. The second-order valence-corrected chi connectivity index (χ2v) is 9.71. The van der Waals surface area contributed by atoms with Gasteiger partial charge in [0.05, 0.1) is 0 Å². The zero-order valence-corrected chi connectivity index (χ0v) is 18.5. The average molecular weight is 501 g/mol. The predicted octanol–water partition coefficient (Wildman–Crippen LogP) is 0.480. The molecular weight excluding hydrogens is 475 g/mol. The number of nitrogens with two attached hydrogens (primary N) is 2. The molecule has 0 heterocycles. The van der Waals surface area contributed by atoms with Crippen LogP contribution in [0, 0.1) is 14.1 Å². The van der Waals surface area contributed by atoms with Crippen molar-refractivity contribution in [3.05, 3.63) is 91.1 Å². The Morgan fingerprint density at radius 1 is 1.03 bits per heavy atom. The van der Waals surface area contributed by atoms with Gasteiger partial charge in [-0.15, -0.1) is 0 Å². The van der Waals surface area contributed by atoms with Gasteiger partial charge in [-0.3, -0.25) is 0 Å². The molecule has 0 saturated carbocycles. The molecule has 0 aliphatic heterocycles. The molecule has 5 nitrogen and oxygen atoms in total. The maximum atomic E-state index is 13.0. The van der Waals surface area contributed by atoms with Crippen molar-refractivity contribution in [1.82, 2.24) is 0 Å². The minimum absolute atomic E-state index is 0.0467. The van der Waals surface area contributed by atoms with Gasteiger partial charge in [-0.2, -0.15) is 0 Å². The van der Waals surface area contributed by atoms with Crippen molar-refractivity contribution in [2.75, 3.05) is 17.3 Å². The third kappa shape index (κ3) is 5.79. The van der Waals surface area contributed by atoms with Crippen LogP contribution in [0.5, 0.6) is 0 Å². The maximum absolute atomic E-state index is 13.0. The fourth-order valence-corrected chi connectivity index (χ4v) is 5.54. The molecule has 6 heteroatoms. The molecule has 0 saturated heterocycles. The number of benzene rings is 3. The van der Waals surface area contributed by atoms with E-state index in [2.05, 4.69) is 41.9 Å². The van der Waals surface area contributed by atoms with E-state index in [0.717, 1.165) is 20.5 Å². The Labute approximate surface area is 182 Å². The average Bonchev–Trinajstić information content (AvgIpc) is 2.74. The molecule has 0 aromatic heterocycles. The summed E-state index contributed by atoms with van der Waals surface area (Å²) in [7, 11) is 0. The number of anilines is 2. The molecule has 1 unspecified atom stereocenters. The Morgan fingerprint density at radius 2 is 1.76 bits per heavy atom. The van der Waals surface area contributed by atoms with Crippen molar-refractivity contribution < 1.29 is 26.0 Å². The number of halogens is 1. The molecule has 3 aromatic rings. The standard InChI is InChI=1S/C23H26IN4O/c1-16-7-9-18(10-8-16)24-21-15-19(11-12-22(21)28-26)27-23(29)20(13-14-25)17-5-3-2-4-6-17/h2-12,15,20,28H,13-14,25-26H2,1H3,(H,27,29)/q-1. The van der Waals surface area contributed by atoms with Crippen LogP contribution in [0.2, 0.25) is 0 Å². The van der Waals surface area contributed by atoms with Crippen LogP contribution in [0.1, 0.15) is 23.5 Å². The van der Waals surface area contributed by atoms with Gasteiger partial charge in [-0.05, 0) is 0 Å². The van der Waals surface area contributed by atoms with Crippen LogP contribution in [0.25, 0.3) is 0 Å². The number of nitrogens with one attached hydrogen (secondary N) is 2. The van der Waals surface area contributed by atoms with Gasteiger partial charge in [-0.1, -0.05) is 0 Å². The Bertz CT molecular complexity index is 945. The number of aryl methyl sites for hydroxylation is 1. The molecule has 1 amide bonds. The number of hydrogen-bond donors (Lipinski definition) is 4. The first-order chi connectivity index (χ1) is 14.1. The van der Waals surface area contributed by atoms with Gasteiger partial charge in [0.2, 0.25) is 0 Å². The molecule has 152 valence electrons. The van der Waals surface area contributed by atoms with Gasteiger partial charge in [0.25, 0.3) is 0 Å². The van der Waals surface area contributed by atoms with Crippen LogP contribution >= 0.6 is 0 Å². The zero-order chi connectivity index (χ0) is 20.6. The third-order valence-electron chi connectivity index (χ3n) is 4.59. The molecule has 1 atom stereocenters. The molecule has 3 rings (SSSR count). The van der Waals surface area contributed by atoms with E-state index in [9.17, 15) is 4.79 Å². The molecular formula is C23H26IN4O-. The number of carbonyl (C=O) groups is 1. The first-order valence-electron chi connectivity index (χ1n) is 9.48. The van der Waals surface area contributed by atoms with Gasteiger partial charge >= 0.3 is 182 Å². The van der Waals surface area contributed by atoms with Crippen molar-refractivity contribution in [2.45, 2.75) is 19.3 Å². The second-order valence-electron chi connectivity index (χ2n) is 6.76. The SMILES string of the molecule is Cc1ccc([I-]c2cc(NC(=O)C(CCN)c3ccccc3)ccc2NN)cc1. The molecule has 0 aliphatic carbocycles. The van der Waals surface area contributed by atoms with Crippen LogP contribution in [0.3, 0.4) is 0 Å². The van der Waals surface area contributed by atoms with E-state index in [-0.39, 0.29) is 11.8 Å². The fourth-order valence-electron chi connectivity index (χ4n) is 3.03. The van der Waals surface area contributed by atoms with Crippen LogP contribution in [-0.2, 0) is 4.79 Å². The van der Waals surface area contributed by atoms with Gasteiger partial charge in [0, 0.05) is 0 Å². The van der Waals surface area contributed by atoms with Gasteiger partial charge in [-0.25, -0.2) is 0 Å². The van der Waals surface area contributed by atoms with Crippen molar-refractivity contribution in [3.8, 4) is 0 Å². The Balaban J connectivity index is 1.81. The Hall–Kier alpha value is -2.42. The molecule has 3 aromatic carbocycles. The third-order valence-corrected chi connectivity index (χ3v) is 7.40. The Morgan fingerprint density at radius 3 is 2.41 bits per heavy atom. The summed E-state index contributed by atoms with van der Waals surface area (Å²) in [5, 5.41) is 3.07. The van der Waals surface area contributed by atoms with Gasteiger partial charge in [0.1, 0.15) is 0 Å². The number of nitrogen functional groups attached to an aromatic ring is 1. The molecule has 0 fully saturated rings. The predicted molar refractivity (Wildman–Crippen MR) is 114 cm³/mol. The van der Waals surface area contributed by atoms with Crippen molar-refractivity contribution in [3.63, 3.8) is 0 Å². The molecule has 0 spiro atoms. The number of hydrogen-bond acceptors (Lipinski definition) is 4. The topological polar surface area (TPSA) is 93.2 Å². The van der Waals surface area contributed by atoms with E-state index in [4.69, 9.17) is 11.6 Å². The zero-order valence-electron chi connectivity index (χ0n) is 16.4. The molecule has 0 bridgehead atoms. The van der Waals surface area contributed by atoms with Gasteiger partial charge < -0.3 is 0 Å². The number of hydrazine groups is 1. The van der Waals surface area contributed by atoms with Crippen molar-refractivity contribution in [2.24, 2.45) is 11.6 Å². The normalized spacial score (nSPS) is 11.8. The monoisotopic (exact) mass is 501 g/mol. The first-order valence-corrected chi connectivity index (χ1v) is 11.6. The Kier molecular flexibility index (Phi) is 7.62. The van der Waals surface area contributed by atoms with E-state index >= 15 is 0 Å². The quantitative estimate of drug-likeness (QED) is 0.205. The van der Waals surface area contributed by atoms with Crippen LogP contribution in [-0.4, -0.2) is 12.5 Å². The van der Waals surface area contributed by atoms with E-state index in [1.807, 2.05) is 48.5 Å². The minimum atomic E-state index is -0.436.